The minimum Gasteiger partial charge on any atom is -0.497 e. The zero-order chi connectivity index (χ0) is 24.7. The van der Waals surface area contributed by atoms with Crippen LogP contribution in [0.4, 0.5) is 11.4 Å². The van der Waals surface area contributed by atoms with Crippen molar-refractivity contribution < 1.29 is 19.2 Å². The molecule has 1 atom stereocenters. The molecule has 0 aromatic heterocycles. The SMILES string of the molecule is COc1cccc(C2=NN(CN3C(=O)C(=O)c4cc(Br)ccc43)[C@H](c3cccc([N+](=O)[O-])c3)C2)c1. The van der Waals surface area contributed by atoms with Crippen LogP contribution in [0.2, 0.25) is 0 Å². The van der Waals surface area contributed by atoms with E-state index in [1.807, 2.05) is 24.3 Å². The normalized spacial score (nSPS) is 17.0. The van der Waals surface area contributed by atoms with Gasteiger partial charge in [0.1, 0.15) is 12.4 Å². The van der Waals surface area contributed by atoms with E-state index in [0.29, 0.717) is 33.5 Å². The molecular formula is C25H19BrN4O5. The summed E-state index contributed by atoms with van der Waals surface area (Å²) in [7, 11) is 1.58. The topological polar surface area (TPSA) is 105 Å². The zero-order valence-corrected chi connectivity index (χ0v) is 20.1. The van der Waals surface area contributed by atoms with E-state index in [9.17, 15) is 19.7 Å². The monoisotopic (exact) mass is 534 g/mol. The number of halogens is 1. The average molecular weight is 535 g/mol. The molecule has 3 aromatic rings. The molecule has 1 amide bonds. The summed E-state index contributed by atoms with van der Waals surface area (Å²) >= 11 is 3.34. The fourth-order valence-electron chi connectivity index (χ4n) is 4.36. The summed E-state index contributed by atoms with van der Waals surface area (Å²) in [6.07, 6.45) is 0.456. The quantitative estimate of drug-likeness (QED) is 0.257. The van der Waals surface area contributed by atoms with E-state index < -0.39 is 16.6 Å². The zero-order valence-electron chi connectivity index (χ0n) is 18.6. The number of ketones is 1. The fraction of sp³-hybridized carbons (Fsp3) is 0.160. The van der Waals surface area contributed by atoms with Crippen molar-refractivity contribution in [2.45, 2.75) is 12.5 Å². The number of hydrazone groups is 1. The van der Waals surface area contributed by atoms with E-state index >= 15 is 0 Å². The summed E-state index contributed by atoms with van der Waals surface area (Å²) in [5.41, 5.74) is 3.08. The van der Waals surface area contributed by atoms with Crippen LogP contribution in [0.1, 0.15) is 33.9 Å². The predicted octanol–water partition coefficient (Wildman–Crippen LogP) is 4.70. The molecule has 0 spiro atoms. The second-order valence-corrected chi connectivity index (χ2v) is 9.07. The van der Waals surface area contributed by atoms with Crippen LogP contribution >= 0.6 is 15.9 Å². The van der Waals surface area contributed by atoms with Crippen LogP contribution in [0.5, 0.6) is 5.75 Å². The van der Waals surface area contributed by atoms with E-state index in [-0.39, 0.29) is 18.4 Å². The third-order valence-corrected chi connectivity index (χ3v) is 6.58. The molecule has 2 aliphatic heterocycles. The van der Waals surface area contributed by atoms with Gasteiger partial charge in [-0.05, 0) is 35.9 Å². The number of hydrogen-bond donors (Lipinski definition) is 0. The number of ether oxygens (including phenoxy) is 1. The number of carbonyl (C=O) groups is 2. The lowest BCUT2D eigenvalue weighted by Gasteiger charge is -2.28. The van der Waals surface area contributed by atoms with Crippen LogP contribution in [0, 0.1) is 10.1 Å². The van der Waals surface area contributed by atoms with Crippen LogP contribution in [0.15, 0.2) is 76.3 Å². The second kappa shape index (κ2) is 8.95. The number of hydrogen-bond acceptors (Lipinski definition) is 7. The van der Waals surface area contributed by atoms with Gasteiger partial charge in [-0.25, -0.2) is 0 Å². The van der Waals surface area contributed by atoms with E-state index in [2.05, 4.69) is 15.9 Å². The Kier molecular flexibility index (Phi) is 5.81. The Morgan fingerprint density at radius 2 is 1.91 bits per heavy atom. The minimum absolute atomic E-state index is 0.0139. The van der Waals surface area contributed by atoms with Gasteiger partial charge in [0.05, 0.1) is 35.0 Å². The number of nitrogens with zero attached hydrogens (tertiary/aromatic N) is 4. The number of carbonyl (C=O) groups excluding carboxylic acids is 2. The highest BCUT2D eigenvalue weighted by Gasteiger charge is 2.39. The summed E-state index contributed by atoms with van der Waals surface area (Å²) in [5, 5.41) is 17.9. The van der Waals surface area contributed by atoms with E-state index in [1.165, 1.54) is 17.0 Å². The van der Waals surface area contributed by atoms with Crippen molar-refractivity contribution >= 4 is 44.7 Å². The molecule has 0 fully saturated rings. The van der Waals surface area contributed by atoms with Crippen molar-refractivity contribution in [3.63, 3.8) is 0 Å². The molecule has 2 aliphatic rings. The number of nitro benzene ring substituents is 1. The lowest BCUT2D eigenvalue weighted by molar-refractivity contribution is -0.385. The van der Waals surface area contributed by atoms with Crippen molar-refractivity contribution in [1.82, 2.24) is 5.01 Å². The number of nitro groups is 1. The number of anilines is 1. The number of benzene rings is 3. The largest absolute Gasteiger partial charge is 0.497 e. The third kappa shape index (κ3) is 4.17. The molecule has 0 saturated carbocycles. The second-order valence-electron chi connectivity index (χ2n) is 8.16. The lowest BCUT2D eigenvalue weighted by atomic mass is 9.98. The summed E-state index contributed by atoms with van der Waals surface area (Å²) in [4.78, 5) is 37.8. The van der Waals surface area contributed by atoms with E-state index in [1.54, 1.807) is 42.5 Å². The number of methoxy groups -OCH3 is 1. The molecule has 9 nitrogen and oxygen atoms in total. The molecule has 0 aliphatic carbocycles. The maximum atomic E-state index is 12.9. The minimum atomic E-state index is -0.638. The Bertz CT molecular complexity index is 1410. The number of rotatable bonds is 6. The number of Topliss-reactive ketones (excluding diaryl/α,β-unsaturated/α-hetero) is 1. The van der Waals surface area contributed by atoms with Crippen LogP contribution in [-0.4, -0.2) is 41.1 Å². The van der Waals surface area contributed by atoms with Crippen LogP contribution in [-0.2, 0) is 4.79 Å². The van der Waals surface area contributed by atoms with Crippen molar-refractivity contribution in [3.05, 3.63) is 98.0 Å². The van der Waals surface area contributed by atoms with E-state index in [0.717, 1.165) is 11.3 Å². The average Bonchev–Trinajstić information content (AvgIpc) is 3.39. The van der Waals surface area contributed by atoms with Crippen molar-refractivity contribution in [2.75, 3.05) is 18.7 Å². The molecule has 0 N–H and O–H groups in total. The Hall–Kier alpha value is -4.05. The van der Waals surface area contributed by atoms with Gasteiger partial charge >= 0.3 is 5.91 Å². The van der Waals surface area contributed by atoms with Crippen molar-refractivity contribution in [3.8, 4) is 5.75 Å². The molecule has 0 unspecified atom stereocenters. The van der Waals surface area contributed by atoms with Gasteiger partial charge in [0, 0.05) is 28.6 Å². The lowest BCUT2D eigenvalue weighted by Crippen LogP contribution is -2.39. The van der Waals surface area contributed by atoms with Crippen molar-refractivity contribution in [1.29, 1.82) is 0 Å². The molecule has 176 valence electrons. The molecule has 0 bridgehead atoms. The van der Waals surface area contributed by atoms with Gasteiger partial charge in [-0.1, -0.05) is 40.2 Å². The van der Waals surface area contributed by atoms with Crippen LogP contribution in [0.3, 0.4) is 0 Å². The standard InChI is InChI=1S/C25H19BrN4O5/c1-35-19-7-3-4-15(11-19)21-13-23(16-5-2-6-18(10-16)30(33)34)29(27-21)14-28-22-9-8-17(26)12-20(22)24(31)25(28)32/h2-12,23H,13-14H2,1H3/t23-/m0/s1. The maximum absolute atomic E-state index is 12.9. The highest BCUT2D eigenvalue weighted by Crippen LogP contribution is 2.37. The first kappa shape index (κ1) is 22.7. The predicted molar refractivity (Wildman–Crippen MR) is 133 cm³/mol. The van der Waals surface area contributed by atoms with Gasteiger partial charge < -0.3 is 4.74 Å². The van der Waals surface area contributed by atoms with Crippen LogP contribution in [0.25, 0.3) is 0 Å². The first-order valence-electron chi connectivity index (χ1n) is 10.7. The fourth-order valence-corrected chi connectivity index (χ4v) is 4.72. The molecule has 5 rings (SSSR count). The Morgan fingerprint density at radius 3 is 2.69 bits per heavy atom. The first-order valence-corrected chi connectivity index (χ1v) is 11.5. The first-order chi connectivity index (χ1) is 16.9. The molecule has 10 heteroatoms. The summed E-state index contributed by atoms with van der Waals surface area (Å²) in [6.45, 7) is 0.0139. The molecule has 0 radical (unpaired) electrons. The Morgan fingerprint density at radius 1 is 1.11 bits per heavy atom. The highest BCUT2D eigenvalue weighted by molar-refractivity contribution is 9.10. The van der Waals surface area contributed by atoms with Gasteiger partial charge in [-0.2, -0.15) is 5.10 Å². The smallest absolute Gasteiger partial charge is 0.301 e. The molecule has 2 heterocycles. The van der Waals surface area contributed by atoms with Gasteiger partial charge in [0.2, 0.25) is 0 Å². The maximum Gasteiger partial charge on any atom is 0.301 e. The molecule has 0 saturated heterocycles. The summed E-state index contributed by atoms with van der Waals surface area (Å²) < 4.78 is 6.04. The number of non-ortho nitro benzene ring substituents is 1. The van der Waals surface area contributed by atoms with Crippen LogP contribution < -0.4 is 9.64 Å². The van der Waals surface area contributed by atoms with Gasteiger partial charge in [0.25, 0.3) is 11.5 Å². The van der Waals surface area contributed by atoms with Gasteiger partial charge in [-0.15, -0.1) is 0 Å². The van der Waals surface area contributed by atoms with Crippen molar-refractivity contribution in [2.24, 2.45) is 5.10 Å². The molecule has 3 aromatic carbocycles. The van der Waals surface area contributed by atoms with Gasteiger partial charge in [0.15, 0.2) is 0 Å². The Balaban J connectivity index is 1.54. The summed E-state index contributed by atoms with van der Waals surface area (Å²) in [6, 6.07) is 18.6. The molecular weight excluding hydrogens is 516 g/mol. The summed E-state index contributed by atoms with van der Waals surface area (Å²) in [5.74, 6) is -0.541. The third-order valence-electron chi connectivity index (χ3n) is 6.08. The van der Waals surface area contributed by atoms with E-state index in [4.69, 9.17) is 9.84 Å². The van der Waals surface area contributed by atoms with Gasteiger partial charge in [-0.3, -0.25) is 29.6 Å². The number of amides is 1. The highest BCUT2D eigenvalue weighted by atomic mass is 79.9. The number of fused-ring (bicyclic) bond motifs is 1. The Labute approximate surface area is 208 Å². The molecule has 35 heavy (non-hydrogen) atoms.